The molecule has 11 heteroatoms. The molecule has 0 aromatic carbocycles. The number of fused-ring (bicyclic) bond motifs is 1. The maximum Gasteiger partial charge on any atom is 0.417 e. The van der Waals surface area contributed by atoms with Crippen LogP contribution in [0.2, 0.25) is 0 Å². The molecule has 5 heterocycles. The van der Waals surface area contributed by atoms with Crippen molar-refractivity contribution in [3.05, 3.63) is 53.6 Å². The van der Waals surface area contributed by atoms with Crippen molar-refractivity contribution in [2.75, 3.05) is 44.3 Å². The molecule has 174 valence electrons. The van der Waals surface area contributed by atoms with E-state index in [1.165, 1.54) is 10.5 Å². The topological polar surface area (TPSA) is 75.9 Å². The van der Waals surface area contributed by atoms with E-state index in [1.807, 2.05) is 4.90 Å². The molecule has 0 spiro atoms. The number of hydrogen-bond acceptors (Lipinski definition) is 6. The van der Waals surface area contributed by atoms with Gasteiger partial charge in [0.15, 0.2) is 5.65 Å². The highest BCUT2D eigenvalue weighted by Crippen LogP contribution is 2.32. The second-order valence-electron chi connectivity index (χ2n) is 8.27. The van der Waals surface area contributed by atoms with Crippen molar-refractivity contribution in [3.63, 3.8) is 0 Å². The molecule has 0 radical (unpaired) electrons. The quantitative estimate of drug-likeness (QED) is 0.598. The third kappa shape index (κ3) is 4.24. The highest BCUT2D eigenvalue weighted by atomic mass is 19.4. The first kappa shape index (κ1) is 21.6. The third-order valence-corrected chi connectivity index (χ3v) is 6.16. The highest BCUT2D eigenvalue weighted by Gasteiger charge is 2.33. The zero-order chi connectivity index (χ0) is 23.0. The van der Waals surface area contributed by atoms with Gasteiger partial charge < -0.3 is 14.5 Å². The molecule has 8 nitrogen and oxygen atoms in total. The Hall–Kier alpha value is -3.21. The first-order chi connectivity index (χ1) is 15.9. The number of carbonyl (C=O) groups excluding carboxylic acids is 1. The molecule has 3 aromatic heterocycles. The number of hydrogen-bond donors (Lipinski definition) is 0. The fourth-order valence-electron chi connectivity index (χ4n) is 4.49. The summed E-state index contributed by atoms with van der Waals surface area (Å²) in [5, 5.41) is 8.21. The molecular formula is C22H23F3N6O2. The van der Waals surface area contributed by atoms with Crippen LogP contribution in [-0.2, 0) is 10.9 Å². The minimum Gasteiger partial charge on any atom is -0.378 e. The zero-order valence-electron chi connectivity index (χ0n) is 17.8. The minimum absolute atomic E-state index is 0.140. The average molecular weight is 460 g/mol. The van der Waals surface area contributed by atoms with Crippen LogP contribution in [0.1, 0.15) is 40.5 Å². The van der Waals surface area contributed by atoms with E-state index in [9.17, 15) is 18.0 Å². The Balaban J connectivity index is 1.41. The minimum atomic E-state index is -4.46. The SMILES string of the molecule is O=C(c1cccnc1N1CCOCC1)N1CCCC(c2nnc3ccc(C(F)(F)F)cn23)C1. The first-order valence-corrected chi connectivity index (χ1v) is 10.9. The van der Waals surface area contributed by atoms with E-state index < -0.39 is 11.7 Å². The third-order valence-electron chi connectivity index (χ3n) is 6.16. The van der Waals surface area contributed by atoms with E-state index in [0.29, 0.717) is 68.7 Å². The van der Waals surface area contributed by atoms with E-state index in [4.69, 9.17) is 4.74 Å². The predicted molar refractivity (Wildman–Crippen MR) is 113 cm³/mol. The van der Waals surface area contributed by atoms with Gasteiger partial charge in [-0.1, -0.05) is 0 Å². The summed E-state index contributed by atoms with van der Waals surface area (Å²) in [6, 6.07) is 5.82. The largest absolute Gasteiger partial charge is 0.417 e. The van der Waals surface area contributed by atoms with Crippen molar-refractivity contribution < 1.29 is 22.7 Å². The summed E-state index contributed by atoms with van der Waals surface area (Å²) < 4.78 is 46.5. The summed E-state index contributed by atoms with van der Waals surface area (Å²) in [5.74, 6) is 0.715. The second kappa shape index (κ2) is 8.62. The van der Waals surface area contributed by atoms with Crippen molar-refractivity contribution >= 4 is 17.4 Å². The van der Waals surface area contributed by atoms with Gasteiger partial charge in [0.25, 0.3) is 5.91 Å². The van der Waals surface area contributed by atoms with Crippen molar-refractivity contribution in [1.82, 2.24) is 24.5 Å². The van der Waals surface area contributed by atoms with E-state index >= 15 is 0 Å². The van der Waals surface area contributed by atoms with Crippen LogP contribution in [0.3, 0.4) is 0 Å². The van der Waals surface area contributed by atoms with Crippen LogP contribution >= 0.6 is 0 Å². The Morgan fingerprint density at radius 2 is 1.91 bits per heavy atom. The number of aromatic nitrogens is 4. The number of likely N-dealkylation sites (tertiary alicyclic amines) is 1. The van der Waals surface area contributed by atoms with Crippen LogP contribution in [-0.4, -0.2) is 69.8 Å². The van der Waals surface area contributed by atoms with E-state index in [1.54, 1.807) is 23.2 Å². The van der Waals surface area contributed by atoms with Crippen molar-refractivity contribution in [3.8, 4) is 0 Å². The maximum absolute atomic E-state index is 13.5. The molecule has 1 unspecified atom stereocenters. The van der Waals surface area contributed by atoms with E-state index in [2.05, 4.69) is 15.2 Å². The van der Waals surface area contributed by atoms with Crippen LogP contribution in [0.25, 0.3) is 5.65 Å². The lowest BCUT2D eigenvalue weighted by Crippen LogP contribution is -2.42. The van der Waals surface area contributed by atoms with Crippen molar-refractivity contribution in [2.24, 2.45) is 0 Å². The molecule has 33 heavy (non-hydrogen) atoms. The summed E-state index contributed by atoms with van der Waals surface area (Å²) in [7, 11) is 0. The van der Waals surface area contributed by atoms with Crippen molar-refractivity contribution in [2.45, 2.75) is 24.9 Å². The molecule has 0 bridgehead atoms. The monoisotopic (exact) mass is 460 g/mol. The van der Waals surface area contributed by atoms with Gasteiger partial charge in [0.1, 0.15) is 11.6 Å². The van der Waals surface area contributed by atoms with Crippen LogP contribution in [0, 0.1) is 0 Å². The molecule has 2 aliphatic rings. The van der Waals surface area contributed by atoms with Crippen LogP contribution in [0.4, 0.5) is 19.0 Å². The number of carbonyl (C=O) groups is 1. The summed E-state index contributed by atoms with van der Waals surface area (Å²) in [4.78, 5) is 21.7. The number of rotatable bonds is 3. The fourth-order valence-corrected chi connectivity index (χ4v) is 4.49. The summed E-state index contributed by atoms with van der Waals surface area (Å²) >= 11 is 0. The molecule has 3 aromatic rings. The number of anilines is 1. The number of pyridine rings is 2. The van der Waals surface area contributed by atoms with E-state index in [-0.39, 0.29) is 11.8 Å². The van der Waals surface area contributed by atoms with Gasteiger partial charge in [-0.05, 0) is 37.1 Å². The normalized spacial score (nSPS) is 19.8. The number of piperidine rings is 1. The summed E-state index contributed by atoms with van der Waals surface area (Å²) in [6.45, 7) is 3.40. The molecule has 0 aliphatic carbocycles. The molecule has 2 aliphatic heterocycles. The molecule has 1 amide bonds. The summed E-state index contributed by atoms with van der Waals surface area (Å²) in [5.41, 5.74) is 0.110. The molecule has 5 rings (SSSR count). The van der Waals surface area contributed by atoms with Gasteiger partial charge in [-0.2, -0.15) is 13.2 Å². The van der Waals surface area contributed by atoms with Gasteiger partial charge in [0, 0.05) is 44.5 Å². The number of alkyl halides is 3. The molecule has 2 saturated heterocycles. The lowest BCUT2D eigenvalue weighted by atomic mass is 9.96. The standard InChI is InChI=1S/C22H23F3N6O2/c23-22(24,25)16-5-6-18-27-28-19(31(18)14-16)15-3-2-8-30(13-15)21(32)17-4-1-7-26-20(17)29-9-11-33-12-10-29/h1,4-7,14-15H,2-3,8-13H2. The van der Waals surface area contributed by atoms with Gasteiger partial charge in [0.2, 0.25) is 0 Å². The Morgan fingerprint density at radius 3 is 2.70 bits per heavy atom. The van der Waals surface area contributed by atoms with Gasteiger partial charge in [-0.25, -0.2) is 4.98 Å². The number of halogens is 3. The predicted octanol–water partition coefficient (Wildman–Crippen LogP) is 3.00. The van der Waals surface area contributed by atoms with Crippen molar-refractivity contribution in [1.29, 1.82) is 0 Å². The van der Waals surface area contributed by atoms with Gasteiger partial charge in [0.05, 0.1) is 24.3 Å². The molecular weight excluding hydrogens is 437 g/mol. The average Bonchev–Trinajstić information content (AvgIpc) is 3.27. The Labute approximate surface area is 188 Å². The number of amides is 1. The van der Waals surface area contributed by atoms with E-state index in [0.717, 1.165) is 18.7 Å². The molecule has 0 saturated carbocycles. The highest BCUT2D eigenvalue weighted by molar-refractivity contribution is 5.99. The first-order valence-electron chi connectivity index (χ1n) is 10.9. The fraction of sp³-hybridized carbons (Fsp3) is 0.455. The Bertz CT molecular complexity index is 1160. The molecule has 1 atom stereocenters. The van der Waals surface area contributed by atoms with Crippen LogP contribution < -0.4 is 4.90 Å². The van der Waals surface area contributed by atoms with Crippen LogP contribution in [0.5, 0.6) is 0 Å². The summed E-state index contributed by atoms with van der Waals surface area (Å²) in [6.07, 6.45) is -0.327. The van der Waals surface area contributed by atoms with Gasteiger partial charge >= 0.3 is 6.18 Å². The Morgan fingerprint density at radius 1 is 1.09 bits per heavy atom. The molecule has 0 N–H and O–H groups in total. The Kier molecular flexibility index (Phi) is 5.65. The number of morpholine rings is 1. The van der Waals surface area contributed by atoms with Gasteiger partial charge in [-0.3, -0.25) is 9.20 Å². The second-order valence-corrected chi connectivity index (χ2v) is 8.27. The number of ether oxygens (including phenoxy) is 1. The molecule has 2 fully saturated rings. The maximum atomic E-state index is 13.5. The lowest BCUT2D eigenvalue weighted by molar-refractivity contribution is -0.137. The lowest BCUT2D eigenvalue weighted by Gasteiger charge is -2.34. The number of nitrogens with zero attached hydrogens (tertiary/aromatic N) is 6. The smallest absolute Gasteiger partial charge is 0.378 e. The van der Waals surface area contributed by atoms with Crippen LogP contribution in [0.15, 0.2) is 36.7 Å². The zero-order valence-corrected chi connectivity index (χ0v) is 17.8. The van der Waals surface area contributed by atoms with Gasteiger partial charge in [-0.15, -0.1) is 10.2 Å².